The molecule has 2 nitrogen and oxygen atoms in total. The number of halogens is 2. The second-order valence-electron chi connectivity index (χ2n) is 3.31. The van der Waals surface area contributed by atoms with Crippen molar-refractivity contribution >= 4 is 10.8 Å². The van der Waals surface area contributed by atoms with Crippen molar-refractivity contribution < 1.29 is 8.78 Å². The fourth-order valence-electron chi connectivity index (χ4n) is 1.54. The van der Waals surface area contributed by atoms with Crippen molar-refractivity contribution in [2.24, 2.45) is 5.73 Å². The van der Waals surface area contributed by atoms with Gasteiger partial charge in [0.25, 0.3) is 6.43 Å². The minimum Gasteiger partial charge on any atom is -0.319 e. The average Bonchev–Trinajstić information content (AvgIpc) is 2.27. The van der Waals surface area contributed by atoms with Gasteiger partial charge < -0.3 is 5.73 Å². The van der Waals surface area contributed by atoms with E-state index in [1.807, 2.05) is 12.1 Å². The van der Waals surface area contributed by atoms with Crippen molar-refractivity contribution in [1.82, 2.24) is 4.98 Å². The summed E-state index contributed by atoms with van der Waals surface area (Å²) in [4.78, 5) is 3.90. The average molecular weight is 208 g/mol. The molecule has 0 aliphatic rings. The van der Waals surface area contributed by atoms with Gasteiger partial charge >= 0.3 is 0 Å². The van der Waals surface area contributed by atoms with Crippen LogP contribution in [0.3, 0.4) is 0 Å². The van der Waals surface area contributed by atoms with Gasteiger partial charge in [-0.3, -0.25) is 4.98 Å². The fraction of sp³-hybridized carbons (Fsp3) is 0.182. The van der Waals surface area contributed by atoms with Crippen molar-refractivity contribution in [2.45, 2.75) is 12.5 Å². The lowest BCUT2D eigenvalue weighted by Gasteiger charge is -2.12. The molecule has 0 bridgehead atoms. The zero-order chi connectivity index (χ0) is 10.8. The number of pyridine rings is 1. The van der Waals surface area contributed by atoms with Gasteiger partial charge in [0.2, 0.25) is 0 Å². The lowest BCUT2D eigenvalue weighted by molar-refractivity contribution is 0.117. The minimum absolute atomic E-state index is 0.392. The molecule has 0 saturated carbocycles. The molecule has 0 amide bonds. The smallest absolute Gasteiger partial charge is 0.257 e. The Morgan fingerprint density at radius 1 is 1.13 bits per heavy atom. The quantitative estimate of drug-likeness (QED) is 0.823. The summed E-state index contributed by atoms with van der Waals surface area (Å²) in [5.74, 6) is 0. The van der Waals surface area contributed by atoms with Crippen LogP contribution in [0.2, 0.25) is 0 Å². The van der Waals surface area contributed by atoms with Gasteiger partial charge in [-0.1, -0.05) is 24.3 Å². The number of nitrogens with two attached hydrogens (primary N) is 1. The molecule has 15 heavy (non-hydrogen) atoms. The number of hydrogen-bond donors (Lipinski definition) is 1. The third kappa shape index (κ3) is 1.80. The Balaban J connectivity index is 2.60. The summed E-state index contributed by atoms with van der Waals surface area (Å²) in [6.45, 7) is 0. The van der Waals surface area contributed by atoms with E-state index in [1.54, 1.807) is 18.3 Å². The molecule has 0 fully saturated rings. The lowest BCUT2D eigenvalue weighted by atomic mass is 10.0. The van der Waals surface area contributed by atoms with E-state index in [9.17, 15) is 8.78 Å². The Kier molecular flexibility index (Phi) is 2.60. The van der Waals surface area contributed by atoms with Gasteiger partial charge in [-0.15, -0.1) is 0 Å². The van der Waals surface area contributed by atoms with Crippen LogP contribution in [-0.4, -0.2) is 11.4 Å². The summed E-state index contributed by atoms with van der Waals surface area (Å²) in [7, 11) is 0. The number of alkyl halides is 2. The van der Waals surface area contributed by atoms with Crippen LogP contribution in [0.5, 0.6) is 0 Å². The van der Waals surface area contributed by atoms with Gasteiger partial charge in [0.05, 0.1) is 6.04 Å². The van der Waals surface area contributed by atoms with Crippen LogP contribution in [-0.2, 0) is 0 Å². The zero-order valence-electron chi connectivity index (χ0n) is 7.90. The standard InChI is InChI=1S/C11H10F2N2/c12-11(13)10(14)9-6-15-5-7-3-1-2-4-8(7)9/h1-6,10-11H,14H2. The molecule has 0 aliphatic heterocycles. The SMILES string of the molecule is NC(c1cncc2ccccc12)C(F)F. The van der Waals surface area contributed by atoms with Crippen LogP contribution in [0.4, 0.5) is 8.78 Å². The number of rotatable bonds is 2. The Hall–Kier alpha value is -1.55. The number of nitrogens with zero attached hydrogens (tertiary/aromatic N) is 1. The first-order valence-corrected chi connectivity index (χ1v) is 4.56. The van der Waals surface area contributed by atoms with Gasteiger partial charge in [0, 0.05) is 23.3 Å². The minimum atomic E-state index is -2.57. The van der Waals surface area contributed by atoms with Crippen molar-refractivity contribution in [2.75, 3.05) is 0 Å². The highest BCUT2D eigenvalue weighted by Gasteiger charge is 2.19. The van der Waals surface area contributed by atoms with Gasteiger partial charge in [-0.05, 0) is 5.39 Å². The maximum atomic E-state index is 12.5. The van der Waals surface area contributed by atoms with Gasteiger partial charge in [0.1, 0.15) is 0 Å². The van der Waals surface area contributed by atoms with Crippen molar-refractivity contribution in [3.63, 3.8) is 0 Å². The summed E-state index contributed by atoms with van der Waals surface area (Å²) >= 11 is 0. The first kappa shape index (κ1) is 9.98. The number of aromatic nitrogens is 1. The molecule has 2 aromatic rings. The summed E-state index contributed by atoms with van der Waals surface area (Å²) in [6, 6.07) is 5.95. The normalized spacial score (nSPS) is 13.3. The molecule has 0 spiro atoms. The molecule has 0 aliphatic carbocycles. The van der Waals surface area contributed by atoms with E-state index in [-0.39, 0.29) is 0 Å². The molecule has 1 aromatic heterocycles. The Morgan fingerprint density at radius 3 is 2.60 bits per heavy atom. The summed E-state index contributed by atoms with van der Waals surface area (Å²) < 4.78 is 25.0. The molecular weight excluding hydrogens is 198 g/mol. The monoisotopic (exact) mass is 208 g/mol. The molecule has 2 N–H and O–H groups in total. The lowest BCUT2D eigenvalue weighted by Crippen LogP contribution is -2.19. The van der Waals surface area contributed by atoms with E-state index in [4.69, 9.17) is 5.73 Å². The zero-order valence-corrected chi connectivity index (χ0v) is 7.90. The van der Waals surface area contributed by atoms with E-state index >= 15 is 0 Å². The van der Waals surface area contributed by atoms with Crippen molar-refractivity contribution in [1.29, 1.82) is 0 Å². The van der Waals surface area contributed by atoms with E-state index in [0.717, 1.165) is 10.8 Å². The second-order valence-corrected chi connectivity index (χ2v) is 3.31. The molecule has 1 heterocycles. The molecule has 0 radical (unpaired) electrons. The summed E-state index contributed by atoms with van der Waals surface area (Å²) in [5, 5.41) is 1.56. The highest BCUT2D eigenvalue weighted by atomic mass is 19.3. The van der Waals surface area contributed by atoms with Crippen LogP contribution >= 0.6 is 0 Å². The first-order valence-electron chi connectivity index (χ1n) is 4.56. The van der Waals surface area contributed by atoms with Gasteiger partial charge in [0.15, 0.2) is 0 Å². The largest absolute Gasteiger partial charge is 0.319 e. The predicted octanol–water partition coefficient (Wildman–Crippen LogP) is 2.50. The fourth-order valence-corrected chi connectivity index (χ4v) is 1.54. The molecule has 2 rings (SSSR count). The van der Waals surface area contributed by atoms with E-state index in [2.05, 4.69) is 4.98 Å². The first-order chi connectivity index (χ1) is 7.20. The van der Waals surface area contributed by atoms with E-state index in [1.165, 1.54) is 6.20 Å². The molecule has 1 atom stereocenters. The van der Waals surface area contributed by atoms with Crippen LogP contribution in [0, 0.1) is 0 Å². The maximum absolute atomic E-state index is 12.5. The molecule has 0 saturated heterocycles. The molecular formula is C11H10F2N2. The van der Waals surface area contributed by atoms with Gasteiger partial charge in [-0.25, -0.2) is 8.78 Å². The van der Waals surface area contributed by atoms with Crippen molar-refractivity contribution in [3.05, 3.63) is 42.2 Å². The van der Waals surface area contributed by atoms with E-state index < -0.39 is 12.5 Å². The Labute approximate surface area is 85.7 Å². The van der Waals surface area contributed by atoms with Crippen molar-refractivity contribution in [3.8, 4) is 0 Å². The highest BCUT2D eigenvalue weighted by molar-refractivity contribution is 5.85. The Bertz CT molecular complexity index is 466. The van der Waals surface area contributed by atoms with Crippen LogP contribution < -0.4 is 5.73 Å². The van der Waals surface area contributed by atoms with Gasteiger partial charge in [-0.2, -0.15) is 0 Å². The summed E-state index contributed by atoms with van der Waals surface area (Å²) in [5.41, 5.74) is 5.81. The molecule has 1 aromatic carbocycles. The van der Waals surface area contributed by atoms with Crippen LogP contribution in [0.1, 0.15) is 11.6 Å². The second kappa shape index (κ2) is 3.90. The maximum Gasteiger partial charge on any atom is 0.257 e. The molecule has 1 unspecified atom stereocenters. The third-order valence-corrected chi connectivity index (χ3v) is 2.33. The predicted molar refractivity (Wildman–Crippen MR) is 54.7 cm³/mol. The Morgan fingerprint density at radius 2 is 1.87 bits per heavy atom. The van der Waals surface area contributed by atoms with Crippen LogP contribution in [0.25, 0.3) is 10.8 Å². The molecule has 4 heteroatoms. The topological polar surface area (TPSA) is 38.9 Å². The summed E-state index contributed by atoms with van der Waals surface area (Å²) in [6.07, 6.45) is 0.466. The third-order valence-electron chi connectivity index (χ3n) is 2.33. The number of fused-ring (bicyclic) bond motifs is 1. The molecule has 78 valence electrons. The van der Waals surface area contributed by atoms with Crippen LogP contribution in [0.15, 0.2) is 36.7 Å². The highest BCUT2D eigenvalue weighted by Crippen LogP contribution is 2.25. The number of hydrogen-bond acceptors (Lipinski definition) is 2. The number of benzene rings is 1. The van der Waals surface area contributed by atoms with E-state index in [0.29, 0.717) is 5.56 Å².